The molecule has 4 N–H and O–H groups in total. The smallest absolute Gasteiger partial charge is 0.306 e. The van der Waals surface area contributed by atoms with Gasteiger partial charge in [-0.25, -0.2) is 4.98 Å². The molecule has 7 nitrogen and oxygen atoms in total. The fourth-order valence-corrected chi connectivity index (χ4v) is 1.36. The molecule has 1 heterocycles. The van der Waals surface area contributed by atoms with Crippen LogP contribution >= 0.6 is 0 Å². The molecule has 0 radical (unpaired) electrons. The van der Waals surface area contributed by atoms with Crippen LogP contribution in [-0.2, 0) is 11.3 Å². The van der Waals surface area contributed by atoms with Crippen LogP contribution in [0, 0.1) is 5.92 Å². The number of hydrogen-bond donors (Lipinski definition) is 3. The highest BCUT2D eigenvalue weighted by molar-refractivity contribution is 5.92. The lowest BCUT2D eigenvalue weighted by Gasteiger charge is -2.06. The molecule has 0 bridgehead atoms. The van der Waals surface area contributed by atoms with E-state index < -0.39 is 11.9 Å². The average molecular weight is 254 g/mol. The Kier molecular flexibility index (Phi) is 5.31. The zero-order chi connectivity index (χ0) is 13.5. The normalized spacial score (nSPS) is 12.1. The van der Waals surface area contributed by atoms with Crippen LogP contribution in [0.3, 0.4) is 0 Å². The second-order valence-corrected chi connectivity index (χ2v) is 4.07. The van der Waals surface area contributed by atoms with E-state index in [0.717, 1.165) is 0 Å². The second-order valence-electron chi connectivity index (χ2n) is 4.07. The van der Waals surface area contributed by atoms with Gasteiger partial charge in [0.25, 0.3) is 5.91 Å². The van der Waals surface area contributed by atoms with Crippen molar-refractivity contribution in [1.82, 2.24) is 14.9 Å². The van der Waals surface area contributed by atoms with Crippen LogP contribution < -0.4 is 11.1 Å². The average Bonchev–Trinajstić information content (AvgIpc) is 2.77. The molecule has 0 spiro atoms. The summed E-state index contributed by atoms with van der Waals surface area (Å²) in [6.45, 7) is 3.00. The minimum absolute atomic E-state index is 0.302. The summed E-state index contributed by atoms with van der Waals surface area (Å²) in [5.41, 5.74) is 5.69. The summed E-state index contributed by atoms with van der Waals surface area (Å²) >= 11 is 0. The Morgan fingerprint density at radius 2 is 2.33 bits per heavy atom. The number of hydrogen-bond acceptors (Lipinski definition) is 4. The first-order valence-corrected chi connectivity index (χ1v) is 5.77. The molecule has 0 saturated heterocycles. The standard InChI is InChI=1S/C11H18N4O3/c1-8(11(17)18)2-4-13-10(16)9-6-15(5-3-12)7-14-9/h6-8H,2-5,12H2,1H3,(H,13,16)(H,17,18). The summed E-state index contributed by atoms with van der Waals surface area (Å²) in [6.07, 6.45) is 3.55. The lowest BCUT2D eigenvalue weighted by Crippen LogP contribution is -2.27. The Hall–Kier alpha value is -1.89. The number of carbonyl (C=O) groups is 2. The van der Waals surface area contributed by atoms with Gasteiger partial charge in [-0.15, -0.1) is 0 Å². The maximum atomic E-state index is 11.6. The number of carboxylic acids is 1. The van der Waals surface area contributed by atoms with E-state index in [1.807, 2.05) is 0 Å². The Morgan fingerprint density at radius 3 is 2.94 bits per heavy atom. The third-order valence-electron chi connectivity index (χ3n) is 2.54. The van der Waals surface area contributed by atoms with Gasteiger partial charge in [0.05, 0.1) is 12.2 Å². The first kappa shape index (κ1) is 14.2. The molecule has 1 atom stereocenters. The van der Waals surface area contributed by atoms with Crippen molar-refractivity contribution in [2.24, 2.45) is 11.7 Å². The van der Waals surface area contributed by atoms with Crippen LogP contribution in [0.25, 0.3) is 0 Å². The number of nitrogens with zero attached hydrogens (tertiary/aromatic N) is 2. The molecule has 1 rings (SSSR count). The minimum atomic E-state index is -0.864. The number of aromatic nitrogens is 2. The molecule has 0 aliphatic heterocycles. The number of amides is 1. The maximum Gasteiger partial charge on any atom is 0.306 e. The van der Waals surface area contributed by atoms with Crippen molar-refractivity contribution in [2.75, 3.05) is 13.1 Å². The number of aliphatic carboxylic acids is 1. The Bertz CT molecular complexity index is 416. The van der Waals surface area contributed by atoms with Gasteiger partial charge < -0.3 is 20.7 Å². The SMILES string of the molecule is CC(CCNC(=O)c1cn(CCN)cn1)C(=O)O. The maximum absolute atomic E-state index is 11.6. The fraction of sp³-hybridized carbons (Fsp3) is 0.545. The minimum Gasteiger partial charge on any atom is -0.481 e. The van der Waals surface area contributed by atoms with E-state index in [9.17, 15) is 9.59 Å². The number of carbonyl (C=O) groups excluding carboxylic acids is 1. The Labute approximate surface area is 105 Å². The molecular weight excluding hydrogens is 236 g/mol. The highest BCUT2D eigenvalue weighted by atomic mass is 16.4. The molecule has 18 heavy (non-hydrogen) atoms. The molecule has 0 aliphatic rings. The third kappa shape index (κ3) is 4.17. The van der Waals surface area contributed by atoms with Crippen molar-refractivity contribution >= 4 is 11.9 Å². The van der Waals surface area contributed by atoms with Gasteiger partial charge in [0.2, 0.25) is 0 Å². The molecule has 100 valence electrons. The highest BCUT2D eigenvalue weighted by Crippen LogP contribution is 2.01. The fourth-order valence-electron chi connectivity index (χ4n) is 1.36. The van der Waals surface area contributed by atoms with Crippen LogP contribution in [-0.4, -0.2) is 39.6 Å². The van der Waals surface area contributed by atoms with Crippen LogP contribution in [0.5, 0.6) is 0 Å². The zero-order valence-corrected chi connectivity index (χ0v) is 10.3. The van der Waals surface area contributed by atoms with E-state index in [1.165, 1.54) is 0 Å². The van der Waals surface area contributed by atoms with Crippen molar-refractivity contribution in [3.05, 3.63) is 18.2 Å². The van der Waals surface area contributed by atoms with E-state index in [4.69, 9.17) is 10.8 Å². The van der Waals surface area contributed by atoms with E-state index >= 15 is 0 Å². The Balaban J connectivity index is 2.38. The lowest BCUT2D eigenvalue weighted by molar-refractivity contribution is -0.141. The van der Waals surface area contributed by atoms with Crippen LogP contribution in [0.4, 0.5) is 0 Å². The number of nitrogens with two attached hydrogens (primary N) is 1. The van der Waals surface area contributed by atoms with Crippen molar-refractivity contribution in [3.63, 3.8) is 0 Å². The van der Waals surface area contributed by atoms with Crippen molar-refractivity contribution in [2.45, 2.75) is 19.9 Å². The molecule has 1 unspecified atom stereocenters. The Morgan fingerprint density at radius 1 is 1.61 bits per heavy atom. The topological polar surface area (TPSA) is 110 Å². The number of rotatable bonds is 7. The van der Waals surface area contributed by atoms with E-state index in [-0.39, 0.29) is 5.91 Å². The van der Waals surface area contributed by atoms with Crippen molar-refractivity contribution < 1.29 is 14.7 Å². The van der Waals surface area contributed by atoms with Gasteiger partial charge in [-0.2, -0.15) is 0 Å². The molecular formula is C11H18N4O3. The molecule has 0 fully saturated rings. The number of carboxylic acid groups (broad SMARTS) is 1. The molecule has 0 aliphatic carbocycles. The van der Waals surface area contributed by atoms with Crippen LogP contribution in [0.1, 0.15) is 23.8 Å². The predicted octanol–water partition coefficient (Wildman–Crippen LogP) is -0.318. The summed E-state index contributed by atoms with van der Waals surface area (Å²) in [4.78, 5) is 26.2. The molecule has 0 aromatic carbocycles. The second kappa shape index (κ2) is 6.75. The van der Waals surface area contributed by atoms with Gasteiger partial charge in [0.15, 0.2) is 0 Å². The summed E-state index contributed by atoms with van der Waals surface area (Å²) in [5, 5.41) is 11.3. The highest BCUT2D eigenvalue weighted by Gasteiger charge is 2.12. The lowest BCUT2D eigenvalue weighted by atomic mass is 10.1. The molecule has 1 amide bonds. The van der Waals surface area contributed by atoms with Crippen LogP contribution in [0.2, 0.25) is 0 Å². The van der Waals surface area contributed by atoms with E-state index in [0.29, 0.717) is 31.7 Å². The quantitative estimate of drug-likeness (QED) is 0.617. The van der Waals surface area contributed by atoms with Gasteiger partial charge in [-0.05, 0) is 6.42 Å². The van der Waals surface area contributed by atoms with Gasteiger partial charge in [0, 0.05) is 25.8 Å². The monoisotopic (exact) mass is 254 g/mol. The number of imidazole rings is 1. The molecule has 1 aromatic rings. The van der Waals surface area contributed by atoms with Crippen LogP contribution in [0.15, 0.2) is 12.5 Å². The van der Waals surface area contributed by atoms with Crippen molar-refractivity contribution in [1.29, 1.82) is 0 Å². The molecule has 1 aromatic heterocycles. The third-order valence-corrected chi connectivity index (χ3v) is 2.54. The van der Waals surface area contributed by atoms with Gasteiger partial charge in [-0.1, -0.05) is 6.92 Å². The van der Waals surface area contributed by atoms with Gasteiger partial charge in [-0.3, -0.25) is 9.59 Å². The molecule has 0 saturated carbocycles. The van der Waals surface area contributed by atoms with Gasteiger partial charge >= 0.3 is 5.97 Å². The first-order valence-electron chi connectivity index (χ1n) is 5.77. The summed E-state index contributed by atoms with van der Waals surface area (Å²) in [7, 11) is 0. The number of nitrogens with one attached hydrogen (secondary N) is 1. The predicted molar refractivity (Wildman–Crippen MR) is 65.0 cm³/mol. The summed E-state index contributed by atoms with van der Waals surface area (Å²) in [6, 6.07) is 0. The zero-order valence-electron chi connectivity index (χ0n) is 10.3. The largest absolute Gasteiger partial charge is 0.481 e. The summed E-state index contributed by atoms with van der Waals surface area (Å²) < 4.78 is 1.73. The summed E-state index contributed by atoms with van der Waals surface area (Å²) in [5.74, 6) is -1.64. The van der Waals surface area contributed by atoms with Crippen molar-refractivity contribution in [3.8, 4) is 0 Å². The molecule has 7 heteroatoms. The van der Waals surface area contributed by atoms with E-state index in [1.54, 1.807) is 24.0 Å². The first-order chi connectivity index (χ1) is 8.54. The van der Waals surface area contributed by atoms with E-state index in [2.05, 4.69) is 10.3 Å². The van der Waals surface area contributed by atoms with Gasteiger partial charge in [0.1, 0.15) is 5.69 Å².